The molecule has 2 N–H and O–H groups in total. The van der Waals surface area contributed by atoms with Gasteiger partial charge in [-0.25, -0.2) is 0 Å². The van der Waals surface area contributed by atoms with E-state index in [2.05, 4.69) is 27.4 Å². The molecule has 0 aromatic carbocycles. The molecule has 6 heteroatoms. The third-order valence-electron chi connectivity index (χ3n) is 4.97. The van der Waals surface area contributed by atoms with Crippen LogP contribution in [0.15, 0.2) is 0 Å². The molecule has 140 valence electrons. The Morgan fingerprint density at radius 2 is 1.50 bits per heavy atom. The van der Waals surface area contributed by atoms with Gasteiger partial charge in [-0.3, -0.25) is 19.4 Å². The van der Waals surface area contributed by atoms with Gasteiger partial charge >= 0.3 is 0 Å². The first kappa shape index (κ1) is 20.9. The van der Waals surface area contributed by atoms with E-state index in [9.17, 15) is 9.59 Å². The zero-order valence-corrected chi connectivity index (χ0v) is 15.9. The van der Waals surface area contributed by atoms with Crippen LogP contribution in [0.25, 0.3) is 0 Å². The summed E-state index contributed by atoms with van der Waals surface area (Å²) in [5.74, 6) is 0.376. The molecule has 2 amide bonds. The van der Waals surface area contributed by atoms with Crippen LogP contribution >= 0.6 is 0 Å². The molecule has 0 aromatic heterocycles. The second-order valence-electron chi connectivity index (χ2n) is 6.89. The van der Waals surface area contributed by atoms with E-state index in [1.165, 1.54) is 12.8 Å². The molecule has 2 fully saturated rings. The van der Waals surface area contributed by atoms with Crippen LogP contribution in [0.4, 0.5) is 0 Å². The smallest absolute Gasteiger partial charge is 0.237 e. The van der Waals surface area contributed by atoms with Gasteiger partial charge in [0, 0.05) is 13.6 Å². The number of hydrogen-bond donors (Lipinski definition) is 2. The number of unbranched alkanes of at least 4 members (excludes halogenated alkanes) is 2. The summed E-state index contributed by atoms with van der Waals surface area (Å²) < 4.78 is 0. The lowest BCUT2D eigenvalue weighted by atomic mass is 10.2. The van der Waals surface area contributed by atoms with Crippen LogP contribution in [0.3, 0.4) is 0 Å². The molecule has 2 aliphatic heterocycles. The molecule has 0 aliphatic carbocycles. The van der Waals surface area contributed by atoms with Crippen molar-refractivity contribution < 1.29 is 9.59 Å². The molecule has 6 nitrogen and oxygen atoms in total. The van der Waals surface area contributed by atoms with Crippen LogP contribution < -0.4 is 10.6 Å². The minimum absolute atomic E-state index is 0.130. The third kappa shape index (κ3) is 6.77. The van der Waals surface area contributed by atoms with E-state index < -0.39 is 0 Å². The predicted octanol–water partition coefficient (Wildman–Crippen LogP) is 1.21. The average molecular weight is 341 g/mol. The summed E-state index contributed by atoms with van der Waals surface area (Å²) in [7, 11) is 5.71. The number of likely N-dealkylation sites (tertiary alicyclic amines) is 2. The van der Waals surface area contributed by atoms with Crippen molar-refractivity contribution in [3.05, 3.63) is 0 Å². The Hall–Kier alpha value is -1.14. The predicted molar refractivity (Wildman–Crippen MR) is 97.9 cm³/mol. The van der Waals surface area contributed by atoms with E-state index in [1.54, 1.807) is 7.05 Å². The number of nitrogens with zero attached hydrogens (tertiary/aromatic N) is 2. The highest BCUT2D eigenvalue weighted by atomic mass is 16.2. The van der Waals surface area contributed by atoms with Crippen LogP contribution in [-0.4, -0.2) is 74.5 Å². The molecule has 2 heterocycles. The molecule has 0 aromatic rings. The largest absolute Gasteiger partial charge is 0.358 e. The van der Waals surface area contributed by atoms with Gasteiger partial charge in [0.25, 0.3) is 0 Å². The van der Waals surface area contributed by atoms with Crippen molar-refractivity contribution in [2.75, 3.05) is 40.8 Å². The van der Waals surface area contributed by atoms with Gasteiger partial charge in [0.2, 0.25) is 11.8 Å². The lowest BCUT2D eigenvalue weighted by molar-refractivity contribution is -0.125. The fourth-order valence-corrected chi connectivity index (χ4v) is 3.35. The second kappa shape index (κ2) is 11.4. The SMILES string of the molecule is CCCCCNC(=O)[C@@H]1CCCN1C.CNC(=O)[C@@H]1CCCN1C. The zero-order valence-electron chi connectivity index (χ0n) is 15.9. The van der Waals surface area contributed by atoms with Crippen molar-refractivity contribution in [3.8, 4) is 0 Å². The molecule has 2 aliphatic rings. The maximum absolute atomic E-state index is 11.7. The molecule has 0 saturated carbocycles. The molecule has 0 spiro atoms. The highest BCUT2D eigenvalue weighted by molar-refractivity contribution is 5.82. The Morgan fingerprint density at radius 3 is 1.92 bits per heavy atom. The molecule has 0 radical (unpaired) electrons. The molecule has 24 heavy (non-hydrogen) atoms. The standard InChI is InChI=1S/C11H22N2O.C7H14N2O/c1-3-4-5-8-12-11(14)10-7-6-9-13(10)2;1-8-7(10)6-4-3-5-9(6)2/h10H,3-9H2,1-2H3,(H,12,14);6H,3-5H2,1-2H3,(H,8,10)/t10-;6-/m00/s1. The quantitative estimate of drug-likeness (QED) is 0.714. The summed E-state index contributed by atoms with van der Waals surface area (Å²) in [4.78, 5) is 27.0. The maximum Gasteiger partial charge on any atom is 0.237 e. The fourth-order valence-electron chi connectivity index (χ4n) is 3.35. The van der Waals surface area contributed by atoms with Gasteiger partial charge < -0.3 is 10.6 Å². The van der Waals surface area contributed by atoms with Crippen molar-refractivity contribution in [1.82, 2.24) is 20.4 Å². The lowest BCUT2D eigenvalue weighted by Crippen LogP contribution is -2.41. The summed E-state index contributed by atoms with van der Waals surface area (Å²) in [6, 6.07) is 0.265. The minimum Gasteiger partial charge on any atom is -0.358 e. The van der Waals surface area contributed by atoms with Crippen molar-refractivity contribution >= 4 is 11.8 Å². The second-order valence-corrected chi connectivity index (χ2v) is 6.89. The number of amides is 2. The first-order valence-corrected chi connectivity index (χ1v) is 9.41. The number of rotatable bonds is 6. The van der Waals surface area contributed by atoms with Gasteiger partial charge in [-0.1, -0.05) is 19.8 Å². The van der Waals surface area contributed by atoms with E-state index >= 15 is 0 Å². The third-order valence-corrected chi connectivity index (χ3v) is 4.97. The highest BCUT2D eigenvalue weighted by Crippen LogP contribution is 2.14. The van der Waals surface area contributed by atoms with Gasteiger partial charge in [0.1, 0.15) is 0 Å². The summed E-state index contributed by atoms with van der Waals surface area (Å²) >= 11 is 0. The minimum atomic E-state index is 0.130. The number of hydrogen-bond acceptors (Lipinski definition) is 4. The molecule has 2 rings (SSSR count). The number of nitrogens with one attached hydrogen (secondary N) is 2. The van der Waals surface area contributed by atoms with Gasteiger partial charge in [-0.15, -0.1) is 0 Å². The van der Waals surface area contributed by atoms with Gasteiger partial charge in [-0.2, -0.15) is 0 Å². The van der Waals surface area contributed by atoms with Gasteiger partial charge in [0.05, 0.1) is 12.1 Å². The highest BCUT2D eigenvalue weighted by Gasteiger charge is 2.27. The molecule has 2 saturated heterocycles. The normalized spacial score (nSPS) is 24.3. The van der Waals surface area contributed by atoms with E-state index in [0.29, 0.717) is 0 Å². The molecular weight excluding hydrogens is 304 g/mol. The Bertz CT molecular complexity index is 389. The molecule has 0 unspecified atom stereocenters. The fraction of sp³-hybridized carbons (Fsp3) is 0.889. The van der Waals surface area contributed by atoms with Crippen LogP contribution in [0.5, 0.6) is 0 Å². The molecular formula is C18H36N4O2. The number of likely N-dealkylation sites (N-methyl/N-ethyl adjacent to an activating group) is 3. The zero-order chi connectivity index (χ0) is 17.9. The van der Waals surface area contributed by atoms with E-state index in [-0.39, 0.29) is 23.9 Å². The van der Waals surface area contributed by atoms with E-state index in [1.807, 2.05) is 14.1 Å². The Labute approximate surface area is 147 Å². The molecule has 2 atom stereocenters. The first-order chi connectivity index (χ1) is 11.5. The Morgan fingerprint density at radius 1 is 0.958 bits per heavy atom. The monoisotopic (exact) mass is 340 g/mol. The van der Waals surface area contributed by atoms with Crippen LogP contribution in [0.1, 0.15) is 51.9 Å². The maximum atomic E-state index is 11.7. The van der Waals surface area contributed by atoms with Crippen molar-refractivity contribution in [2.45, 2.75) is 64.0 Å². The van der Waals surface area contributed by atoms with Gasteiger partial charge in [0.15, 0.2) is 0 Å². The average Bonchev–Trinajstić information content (AvgIpc) is 3.19. The summed E-state index contributed by atoms with van der Waals surface area (Å²) in [5, 5.41) is 5.67. The van der Waals surface area contributed by atoms with Crippen LogP contribution in [0, 0.1) is 0 Å². The summed E-state index contributed by atoms with van der Waals surface area (Å²) in [6.45, 7) is 5.13. The Balaban J connectivity index is 0.000000254. The first-order valence-electron chi connectivity index (χ1n) is 9.41. The Kier molecular flexibility index (Phi) is 9.95. The van der Waals surface area contributed by atoms with E-state index in [0.717, 1.165) is 51.7 Å². The molecule has 0 bridgehead atoms. The lowest BCUT2D eigenvalue weighted by Gasteiger charge is -2.18. The van der Waals surface area contributed by atoms with Crippen LogP contribution in [0.2, 0.25) is 0 Å². The van der Waals surface area contributed by atoms with Gasteiger partial charge in [-0.05, 0) is 59.3 Å². The van der Waals surface area contributed by atoms with Crippen molar-refractivity contribution in [1.29, 1.82) is 0 Å². The number of carbonyl (C=O) groups excluding carboxylic acids is 2. The summed E-state index contributed by atoms with van der Waals surface area (Å²) in [5.41, 5.74) is 0. The number of carbonyl (C=O) groups is 2. The topological polar surface area (TPSA) is 64.7 Å². The summed E-state index contributed by atoms with van der Waals surface area (Å²) in [6.07, 6.45) is 7.86. The van der Waals surface area contributed by atoms with Crippen molar-refractivity contribution in [3.63, 3.8) is 0 Å². The van der Waals surface area contributed by atoms with E-state index in [4.69, 9.17) is 0 Å². The van der Waals surface area contributed by atoms with Crippen LogP contribution in [-0.2, 0) is 9.59 Å². The van der Waals surface area contributed by atoms with Crippen molar-refractivity contribution in [2.24, 2.45) is 0 Å².